The number of nitrogen functional groups attached to an aromatic ring is 1. The zero-order chi connectivity index (χ0) is 14.7. The zero-order valence-corrected chi connectivity index (χ0v) is 11.4. The highest BCUT2D eigenvalue weighted by Crippen LogP contribution is 2.24. The number of aryl methyl sites for hydroxylation is 1. The first-order chi connectivity index (χ1) is 9.51. The van der Waals surface area contributed by atoms with Crippen molar-refractivity contribution in [3.8, 4) is 0 Å². The molecule has 0 atom stereocenters. The molecule has 106 valence electrons. The maximum Gasteiger partial charge on any atom is 0.146 e. The molecule has 6 heteroatoms. The minimum absolute atomic E-state index is 0.0219. The summed E-state index contributed by atoms with van der Waals surface area (Å²) in [5.74, 6) is 0.227. The molecule has 0 aliphatic heterocycles. The number of anilines is 3. The van der Waals surface area contributed by atoms with E-state index in [9.17, 15) is 8.78 Å². The van der Waals surface area contributed by atoms with Gasteiger partial charge in [0, 0.05) is 18.1 Å². The Morgan fingerprint density at radius 1 is 1.25 bits per heavy atom. The third kappa shape index (κ3) is 3.01. The van der Waals surface area contributed by atoms with Crippen molar-refractivity contribution in [3.63, 3.8) is 0 Å². The lowest BCUT2D eigenvalue weighted by Crippen LogP contribution is -2.07. The number of nitrogens with zero attached hydrogens (tertiary/aromatic N) is 2. The number of benzene rings is 1. The average molecular weight is 278 g/mol. The van der Waals surface area contributed by atoms with Crippen molar-refractivity contribution in [1.82, 2.24) is 9.97 Å². The third-order valence-corrected chi connectivity index (χ3v) is 2.88. The molecule has 2 rings (SSSR count). The number of nitrogens with two attached hydrogens (primary N) is 1. The smallest absolute Gasteiger partial charge is 0.146 e. The molecule has 0 fully saturated rings. The van der Waals surface area contributed by atoms with Gasteiger partial charge in [-0.15, -0.1) is 0 Å². The molecule has 0 saturated carbocycles. The van der Waals surface area contributed by atoms with Crippen LogP contribution in [0.1, 0.15) is 24.7 Å². The molecule has 20 heavy (non-hydrogen) atoms. The summed E-state index contributed by atoms with van der Waals surface area (Å²) < 4.78 is 26.8. The molecule has 1 aromatic carbocycles. The van der Waals surface area contributed by atoms with E-state index in [2.05, 4.69) is 15.3 Å². The normalized spacial score (nSPS) is 10.6. The molecule has 0 bridgehead atoms. The molecule has 0 saturated heterocycles. The first-order valence-electron chi connectivity index (χ1n) is 6.36. The summed E-state index contributed by atoms with van der Waals surface area (Å²) in [4.78, 5) is 8.46. The molecule has 0 unspecified atom stereocenters. The van der Waals surface area contributed by atoms with E-state index in [0.717, 1.165) is 24.6 Å². The highest BCUT2D eigenvalue weighted by atomic mass is 19.1. The lowest BCUT2D eigenvalue weighted by atomic mass is 10.2. The average Bonchev–Trinajstić information content (AvgIpc) is 2.40. The molecule has 1 aromatic heterocycles. The topological polar surface area (TPSA) is 63.8 Å². The fraction of sp³-hybridized carbons (Fsp3) is 0.286. The quantitative estimate of drug-likeness (QED) is 0.900. The first kappa shape index (κ1) is 14.2. The van der Waals surface area contributed by atoms with E-state index < -0.39 is 11.6 Å². The van der Waals surface area contributed by atoms with Gasteiger partial charge in [-0.05, 0) is 25.5 Å². The minimum atomic E-state index is -0.556. The Labute approximate surface area is 116 Å². The maximum absolute atomic E-state index is 13.6. The lowest BCUT2D eigenvalue weighted by molar-refractivity contribution is 0.603. The first-order valence-corrected chi connectivity index (χ1v) is 6.36. The summed E-state index contributed by atoms with van der Waals surface area (Å²) in [6.07, 6.45) is 1.54. The molecule has 4 nitrogen and oxygen atoms in total. The van der Waals surface area contributed by atoms with Crippen molar-refractivity contribution in [3.05, 3.63) is 41.2 Å². The second kappa shape index (κ2) is 5.81. The van der Waals surface area contributed by atoms with Gasteiger partial charge < -0.3 is 11.1 Å². The molecule has 0 aliphatic rings. The monoisotopic (exact) mass is 278 g/mol. The van der Waals surface area contributed by atoms with Gasteiger partial charge in [0.2, 0.25) is 0 Å². The van der Waals surface area contributed by atoms with E-state index in [4.69, 9.17) is 5.73 Å². The van der Waals surface area contributed by atoms with E-state index in [-0.39, 0.29) is 5.69 Å². The molecule has 0 radical (unpaired) electrons. The van der Waals surface area contributed by atoms with Gasteiger partial charge >= 0.3 is 0 Å². The zero-order valence-electron chi connectivity index (χ0n) is 11.4. The number of aromatic nitrogens is 2. The van der Waals surface area contributed by atoms with E-state index in [1.165, 1.54) is 0 Å². The largest absolute Gasteiger partial charge is 0.383 e. The fourth-order valence-electron chi connectivity index (χ4n) is 1.76. The summed E-state index contributed by atoms with van der Waals surface area (Å²) >= 11 is 0. The number of rotatable bonds is 4. The van der Waals surface area contributed by atoms with E-state index in [1.807, 2.05) is 6.92 Å². The minimum Gasteiger partial charge on any atom is -0.383 e. The van der Waals surface area contributed by atoms with Crippen molar-refractivity contribution >= 4 is 17.3 Å². The van der Waals surface area contributed by atoms with Gasteiger partial charge in [-0.25, -0.2) is 18.7 Å². The number of halogens is 2. The standard InChI is InChI=1S/C14H16F2N4/c1-3-4-12-19-13(17)8(2)14(20-12)18-11-7-9(15)5-6-10(11)16/h5-7H,3-4H2,1-2H3,(H3,17,18,19,20). The Morgan fingerprint density at radius 3 is 2.70 bits per heavy atom. The number of hydrogen-bond acceptors (Lipinski definition) is 4. The van der Waals surface area contributed by atoms with Crippen LogP contribution in [0.2, 0.25) is 0 Å². The van der Waals surface area contributed by atoms with Gasteiger partial charge in [0.15, 0.2) is 0 Å². The van der Waals surface area contributed by atoms with Crippen LogP contribution in [0, 0.1) is 18.6 Å². The SMILES string of the molecule is CCCc1nc(N)c(C)c(Nc2cc(F)ccc2F)n1. The molecule has 0 aliphatic carbocycles. The predicted molar refractivity (Wildman–Crippen MR) is 74.8 cm³/mol. The van der Waals surface area contributed by atoms with Gasteiger partial charge in [0.05, 0.1) is 5.69 Å². The fourth-order valence-corrected chi connectivity index (χ4v) is 1.76. The van der Waals surface area contributed by atoms with Gasteiger partial charge in [0.25, 0.3) is 0 Å². The predicted octanol–water partition coefficient (Wildman–Crippen LogP) is 3.34. The number of hydrogen-bond donors (Lipinski definition) is 2. The molecule has 0 spiro atoms. The Kier molecular flexibility index (Phi) is 4.12. The van der Waals surface area contributed by atoms with Crippen molar-refractivity contribution in [1.29, 1.82) is 0 Å². The highest BCUT2D eigenvalue weighted by molar-refractivity contribution is 5.64. The Morgan fingerprint density at radius 2 is 2.00 bits per heavy atom. The Bertz CT molecular complexity index is 629. The van der Waals surface area contributed by atoms with Gasteiger partial charge in [0.1, 0.15) is 29.1 Å². The molecular formula is C14H16F2N4. The van der Waals surface area contributed by atoms with Gasteiger partial charge in [-0.3, -0.25) is 0 Å². The second-order valence-corrected chi connectivity index (χ2v) is 4.50. The summed E-state index contributed by atoms with van der Waals surface area (Å²) in [7, 11) is 0. The van der Waals surface area contributed by atoms with Crippen LogP contribution in [0.5, 0.6) is 0 Å². The maximum atomic E-state index is 13.6. The van der Waals surface area contributed by atoms with Crippen LogP contribution in [0.15, 0.2) is 18.2 Å². The van der Waals surface area contributed by atoms with Crippen LogP contribution in [0.25, 0.3) is 0 Å². The molecule has 1 heterocycles. The van der Waals surface area contributed by atoms with Gasteiger partial charge in [-0.2, -0.15) is 0 Å². The third-order valence-electron chi connectivity index (χ3n) is 2.88. The molecular weight excluding hydrogens is 262 g/mol. The molecule has 3 N–H and O–H groups in total. The number of nitrogens with one attached hydrogen (secondary N) is 1. The van der Waals surface area contributed by atoms with Crippen molar-refractivity contribution in [2.45, 2.75) is 26.7 Å². The van der Waals surface area contributed by atoms with E-state index in [0.29, 0.717) is 29.4 Å². The summed E-state index contributed by atoms with van der Waals surface area (Å²) in [6.45, 7) is 3.73. The highest BCUT2D eigenvalue weighted by Gasteiger charge is 2.11. The van der Waals surface area contributed by atoms with Crippen molar-refractivity contribution < 1.29 is 8.78 Å². The van der Waals surface area contributed by atoms with Crippen LogP contribution in [0.4, 0.5) is 26.1 Å². The second-order valence-electron chi connectivity index (χ2n) is 4.50. The Balaban J connectivity index is 2.39. The lowest BCUT2D eigenvalue weighted by Gasteiger charge is -2.12. The van der Waals surface area contributed by atoms with Crippen LogP contribution in [0.3, 0.4) is 0 Å². The van der Waals surface area contributed by atoms with Crippen LogP contribution >= 0.6 is 0 Å². The molecule has 2 aromatic rings. The van der Waals surface area contributed by atoms with Crippen molar-refractivity contribution in [2.75, 3.05) is 11.1 Å². The Hall–Kier alpha value is -2.24. The van der Waals surface area contributed by atoms with E-state index >= 15 is 0 Å². The van der Waals surface area contributed by atoms with Crippen molar-refractivity contribution in [2.24, 2.45) is 0 Å². The van der Waals surface area contributed by atoms with Gasteiger partial charge in [-0.1, -0.05) is 6.92 Å². The summed E-state index contributed by atoms with van der Waals surface area (Å²) in [5, 5.41) is 2.77. The van der Waals surface area contributed by atoms with E-state index in [1.54, 1.807) is 6.92 Å². The van der Waals surface area contributed by atoms with Crippen LogP contribution in [-0.4, -0.2) is 9.97 Å². The van der Waals surface area contributed by atoms with Crippen LogP contribution < -0.4 is 11.1 Å². The van der Waals surface area contributed by atoms with Crippen LogP contribution in [-0.2, 0) is 6.42 Å². The molecule has 0 amide bonds. The summed E-state index contributed by atoms with van der Waals surface area (Å²) in [5.41, 5.74) is 6.44. The summed E-state index contributed by atoms with van der Waals surface area (Å²) in [6, 6.07) is 3.20.